The van der Waals surface area contributed by atoms with Crippen LogP contribution < -0.4 is 10.9 Å². The van der Waals surface area contributed by atoms with Crippen LogP contribution in [0.3, 0.4) is 0 Å². The molecule has 0 saturated carbocycles. The maximum Gasteiger partial charge on any atom is 0.406 e. The highest BCUT2D eigenvalue weighted by Gasteiger charge is 2.38. The highest BCUT2D eigenvalue weighted by atomic mass is 35.5. The lowest BCUT2D eigenvalue weighted by molar-refractivity contribution is -0.141. The number of nitrogens with zero attached hydrogens (tertiary/aromatic N) is 2. The zero-order valence-electron chi connectivity index (χ0n) is 21.1. The average Bonchev–Trinajstić information content (AvgIpc) is 2.88. The molecule has 1 N–H and O–H groups in total. The minimum absolute atomic E-state index is 0.247. The van der Waals surface area contributed by atoms with Gasteiger partial charge in [0.15, 0.2) is 0 Å². The largest absolute Gasteiger partial charge is 0.406 e. The van der Waals surface area contributed by atoms with Crippen LogP contribution in [0.2, 0.25) is 5.02 Å². The van der Waals surface area contributed by atoms with Gasteiger partial charge in [0, 0.05) is 35.4 Å². The number of hydrogen-bond acceptors (Lipinski definition) is 3. The van der Waals surface area contributed by atoms with Gasteiger partial charge in [0.2, 0.25) is 0 Å². The third kappa shape index (κ3) is 5.59. The molecule has 0 radical (unpaired) electrons. The lowest BCUT2D eigenvalue weighted by Crippen LogP contribution is -2.50. The van der Waals surface area contributed by atoms with Gasteiger partial charge in [-0.1, -0.05) is 60.1 Å². The van der Waals surface area contributed by atoms with Gasteiger partial charge < -0.3 is 9.88 Å². The van der Waals surface area contributed by atoms with E-state index < -0.39 is 23.8 Å². The first-order chi connectivity index (χ1) is 18.1. The fourth-order valence-corrected chi connectivity index (χ4v) is 5.76. The summed E-state index contributed by atoms with van der Waals surface area (Å²) in [5, 5.41) is 5.23. The summed E-state index contributed by atoms with van der Waals surface area (Å²) in [6, 6.07) is 23.1. The number of aromatic nitrogens is 1. The van der Waals surface area contributed by atoms with Crippen LogP contribution in [0.5, 0.6) is 0 Å². The molecule has 0 aliphatic carbocycles. The number of halogens is 4. The second-order valence-corrected chi connectivity index (χ2v) is 10.5. The van der Waals surface area contributed by atoms with Crippen LogP contribution in [0.25, 0.3) is 10.8 Å². The van der Waals surface area contributed by atoms with Crippen molar-refractivity contribution in [2.45, 2.75) is 44.6 Å². The summed E-state index contributed by atoms with van der Waals surface area (Å²) in [6.07, 6.45) is -1.50. The molecule has 0 bridgehead atoms. The molecule has 198 valence electrons. The van der Waals surface area contributed by atoms with E-state index in [1.54, 1.807) is 18.2 Å². The zero-order valence-corrected chi connectivity index (χ0v) is 21.8. The summed E-state index contributed by atoms with van der Waals surface area (Å²) in [5.74, 6) is 0. The van der Waals surface area contributed by atoms with E-state index in [2.05, 4.69) is 28.4 Å². The topological polar surface area (TPSA) is 37.3 Å². The molecule has 4 aromatic rings. The van der Waals surface area contributed by atoms with Gasteiger partial charge >= 0.3 is 6.18 Å². The normalized spacial score (nSPS) is 18.6. The number of pyridine rings is 1. The third-order valence-corrected chi connectivity index (χ3v) is 7.72. The first-order valence-electron chi connectivity index (χ1n) is 12.6. The minimum atomic E-state index is -4.48. The fourth-order valence-electron chi connectivity index (χ4n) is 5.59. The van der Waals surface area contributed by atoms with Crippen molar-refractivity contribution in [1.82, 2.24) is 9.47 Å². The van der Waals surface area contributed by atoms with Crippen LogP contribution in [0.15, 0.2) is 83.8 Å². The Morgan fingerprint density at radius 3 is 2.58 bits per heavy atom. The Hall–Kier alpha value is -3.29. The molecule has 1 aliphatic heterocycles. The third-order valence-electron chi connectivity index (χ3n) is 7.32. The molecule has 1 unspecified atom stereocenters. The van der Waals surface area contributed by atoms with Gasteiger partial charge in [0.25, 0.3) is 5.56 Å². The number of likely N-dealkylation sites (tertiary alicyclic amines) is 1. The van der Waals surface area contributed by atoms with E-state index in [9.17, 15) is 18.0 Å². The number of hydrogen-bond donors (Lipinski definition) is 1. The molecule has 38 heavy (non-hydrogen) atoms. The van der Waals surface area contributed by atoms with Crippen LogP contribution in [0, 0.1) is 6.92 Å². The van der Waals surface area contributed by atoms with Crippen molar-refractivity contribution in [3.8, 4) is 0 Å². The van der Waals surface area contributed by atoms with Gasteiger partial charge in [-0.3, -0.25) is 9.69 Å². The van der Waals surface area contributed by atoms with Gasteiger partial charge in [0.1, 0.15) is 6.54 Å². The Labute approximate surface area is 224 Å². The van der Waals surface area contributed by atoms with E-state index in [0.29, 0.717) is 27.2 Å². The lowest BCUT2D eigenvalue weighted by atomic mass is 9.79. The number of anilines is 1. The molecule has 5 rings (SSSR count). The quantitative estimate of drug-likeness (QED) is 0.283. The summed E-state index contributed by atoms with van der Waals surface area (Å²) in [4.78, 5) is 15.4. The molecule has 1 aliphatic rings. The van der Waals surface area contributed by atoms with Crippen LogP contribution in [0.1, 0.15) is 29.5 Å². The van der Waals surface area contributed by atoms with Crippen molar-refractivity contribution < 1.29 is 13.2 Å². The van der Waals surface area contributed by atoms with Crippen molar-refractivity contribution in [2.75, 3.05) is 18.4 Å². The number of benzene rings is 3. The second kappa shape index (κ2) is 10.5. The highest BCUT2D eigenvalue weighted by molar-refractivity contribution is 6.31. The second-order valence-electron chi connectivity index (χ2n) is 10.1. The van der Waals surface area contributed by atoms with Gasteiger partial charge in [-0.05, 0) is 72.7 Å². The summed E-state index contributed by atoms with van der Waals surface area (Å²) >= 11 is 6.56. The summed E-state index contributed by atoms with van der Waals surface area (Å²) in [7, 11) is 0. The fraction of sp³-hybridized carbons (Fsp3) is 0.300. The van der Waals surface area contributed by atoms with Crippen molar-refractivity contribution in [2.24, 2.45) is 0 Å². The minimum Gasteiger partial charge on any atom is -0.374 e. The molecule has 0 amide bonds. The zero-order chi connectivity index (χ0) is 26.9. The van der Waals surface area contributed by atoms with Crippen molar-refractivity contribution in [3.05, 3.63) is 111 Å². The lowest BCUT2D eigenvalue weighted by Gasteiger charge is -2.45. The van der Waals surface area contributed by atoms with Crippen LogP contribution in [-0.2, 0) is 18.6 Å². The monoisotopic (exact) mass is 539 g/mol. The standard InChI is InChI=1S/C30H29ClF3N3O/c1-21-26(9-5-10-27(21)31)29(14-6-15-36(19-29)18-22-7-3-2-4-8-22)35-24-12-11-23-13-16-37(20-30(32,33)34)28(38)25(23)17-24/h2-5,7-13,16-17,35H,6,14-15,18-20H2,1H3. The number of rotatable bonds is 6. The van der Waals surface area contributed by atoms with Gasteiger partial charge in [-0.15, -0.1) is 0 Å². The van der Waals surface area contributed by atoms with Crippen molar-refractivity contribution >= 4 is 28.1 Å². The maximum atomic E-state index is 13.0. The molecule has 3 aromatic carbocycles. The Kier molecular flexibility index (Phi) is 7.25. The number of nitrogens with one attached hydrogen (secondary N) is 1. The van der Waals surface area contributed by atoms with E-state index >= 15 is 0 Å². The molecular formula is C30H29ClF3N3O. The molecule has 1 fully saturated rings. The first kappa shape index (κ1) is 26.3. The van der Waals surface area contributed by atoms with Crippen LogP contribution in [0.4, 0.5) is 18.9 Å². The highest BCUT2D eigenvalue weighted by Crippen LogP contribution is 2.39. The number of alkyl halides is 3. The van der Waals surface area contributed by atoms with E-state index in [1.807, 2.05) is 43.3 Å². The molecule has 8 heteroatoms. The van der Waals surface area contributed by atoms with Gasteiger partial charge in [-0.2, -0.15) is 13.2 Å². The summed E-state index contributed by atoms with van der Waals surface area (Å²) in [5.41, 5.74) is 2.80. The van der Waals surface area contributed by atoms with E-state index in [1.165, 1.54) is 11.8 Å². The summed E-state index contributed by atoms with van der Waals surface area (Å²) < 4.78 is 39.8. The Balaban J connectivity index is 1.54. The Bertz CT molecular complexity index is 1500. The number of fused-ring (bicyclic) bond motifs is 1. The van der Waals surface area contributed by atoms with Crippen LogP contribution in [-0.4, -0.2) is 28.7 Å². The predicted molar refractivity (Wildman–Crippen MR) is 147 cm³/mol. The molecule has 1 aromatic heterocycles. The SMILES string of the molecule is Cc1c(Cl)cccc1C1(Nc2ccc3ccn(CC(F)(F)F)c(=O)c3c2)CCCN(Cc2ccccc2)C1. The number of piperidine rings is 1. The van der Waals surface area contributed by atoms with Crippen molar-refractivity contribution in [1.29, 1.82) is 0 Å². The van der Waals surface area contributed by atoms with Crippen molar-refractivity contribution in [3.63, 3.8) is 0 Å². The maximum absolute atomic E-state index is 13.0. The molecule has 2 heterocycles. The first-order valence-corrected chi connectivity index (χ1v) is 13.0. The van der Waals surface area contributed by atoms with E-state index in [-0.39, 0.29) is 5.39 Å². The molecule has 0 spiro atoms. The summed E-state index contributed by atoms with van der Waals surface area (Å²) in [6.45, 7) is 3.13. The smallest absolute Gasteiger partial charge is 0.374 e. The van der Waals surface area contributed by atoms with Crippen LogP contribution >= 0.6 is 11.6 Å². The molecular weight excluding hydrogens is 511 g/mol. The molecule has 1 saturated heterocycles. The predicted octanol–water partition coefficient (Wildman–Crippen LogP) is 7.13. The van der Waals surface area contributed by atoms with Gasteiger partial charge in [0.05, 0.1) is 5.54 Å². The Morgan fingerprint density at radius 2 is 1.82 bits per heavy atom. The van der Waals surface area contributed by atoms with Gasteiger partial charge in [-0.25, -0.2) is 0 Å². The van der Waals surface area contributed by atoms with E-state index in [4.69, 9.17) is 11.6 Å². The molecule has 1 atom stereocenters. The molecule has 4 nitrogen and oxygen atoms in total. The van der Waals surface area contributed by atoms with E-state index in [0.717, 1.165) is 37.1 Å². The Morgan fingerprint density at radius 1 is 1.03 bits per heavy atom. The average molecular weight is 540 g/mol.